The van der Waals surface area contributed by atoms with Crippen molar-refractivity contribution in [2.24, 2.45) is 0 Å². The van der Waals surface area contributed by atoms with E-state index in [2.05, 4.69) is 63.3 Å². The normalized spacial score (nSPS) is 14.2. The van der Waals surface area contributed by atoms with Crippen LogP contribution in [-0.4, -0.2) is 30.3 Å². The lowest BCUT2D eigenvalue weighted by atomic mass is 10.2. The molecule has 0 aliphatic heterocycles. The van der Waals surface area contributed by atoms with Gasteiger partial charge in [-0.1, -0.05) is 42.1 Å². The number of aryl methyl sites for hydroxylation is 2. The van der Waals surface area contributed by atoms with Crippen LogP contribution in [0.1, 0.15) is 35.7 Å². The molecule has 0 N–H and O–H groups in total. The molecule has 124 valence electrons. The van der Waals surface area contributed by atoms with Crippen LogP contribution in [0.4, 0.5) is 0 Å². The first-order chi connectivity index (χ1) is 11.8. The second kappa shape index (κ2) is 6.81. The molecule has 5 nitrogen and oxygen atoms in total. The van der Waals surface area contributed by atoms with Crippen molar-refractivity contribution < 1.29 is 0 Å². The van der Waals surface area contributed by atoms with Gasteiger partial charge in [-0.2, -0.15) is 5.10 Å². The van der Waals surface area contributed by atoms with Crippen LogP contribution in [0, 0.1) is 6.92 Å². The Morgan fingerprint density at radius 1 is 1.17 bits per heavy atom. The van der Waals surface area contributed by atoms with Crippen LogP contribution in [0.15, 0.2) is 47.9 Å². The molecule has 0 spiro atoms. The Balaban J connectivity index is 1.47. The van der Waals surface area contributed by atoms with Crippen LogP contribution in [0.5, 0.6) is 0 Å². The van der Waals surface area contributed by atoms with Gasteiger partial charge in [0, 0.05) is 17.9 Å². The molecule has 1 aliphatic rings. The van der Waals surface area contributed by atoms with E-state index in [4.69, 9.17) is 0 Å². The highest BCUT2D eigenvalue weighted by Gasteiger charge is 2.30. The van der Waals surface area contributed by atoms with Crippen molar-refractivity contribution in [3.05, 3.63) is 59.7 Å². The van der Waals surface area contributed by atoms with E-state index < -0.39 is 0 Å². The van der Waals surface area contributed by atoms with Gasteiger partial charge in [-0.3, -0.25) is 4.68 Å². The Kier molecular flexibility index (Phi) is 4.38. The Labute approximate surface area is 146 Å². The zero-order valence-electron chi connectivity index (χ0n) is 13.8. The molecule has 0 amide bonds. The van der Waals surface area contributed by atoms with Gasteiger partial charge in [0.2, 0.25) is 0 Å². The predicted molar refractivity (Wildman–Crippen MR) is 95.2 cm³/mol. The van der Waals surface area contributed by atoms with Crippen molar-refractivity contribution in [2.75, 3.05) is 5.75 Å². The largest absolute Gasteiger partial charge is 0.301 e. The number of thioether (sulfide) groups is 1. The highest BCUT2D eigenvalue weighted by molar-refractivity contribution is 7.99. The summed E-state index contributed by atoms with van der Waals surface area (Å²) < 4.78 is 4.29. The molecular weight excluding hydrogens is 318 g/mol. The summed E-state index contributed by atoms with van der Waals surface area (Å²) in [6.07, 6.45) is 6.45. The van der Waals surface area contributed by atoms with Crippen LogP contribution in [0.3, 0.4) is 0 Å². The summed E-state index contributed by atoms with van der Waals surface area (Å²) in [5.41, 5.74) is 2.49. The minimum absolute atomic E-state index is 0.601. The number of nitrogens with zero attached hydrogens (tertiary/aromatic N) is 5. The molecule has 0 radical (unpaired) electrons. The molecule has 2 aromatic heterocycles. The average Bonchev–Trinajstić information content (AvgIpc) is 3.24. The lowest BCUT2D eigenvalue weighted by Gasteiger charge is -2.10. The van der Waals surface area contributed by atoms with E-state index in [1.807, 2.05) is 10.9 Å². The van der Waals surface area contributed by atoms with Gasteiger partial charge in [-0.15, -0.1) is 10.2 Å². The quantitative estimate of drug-likeness (QED) is 0.618. The van der Waals surface area contributed by atoms with Crippen molar-refractivity contribution in [2.45, 2.75) is 43.9 Å². The molecular formula is C18H21N5S. The number of benzene rings is 1. The number of hydrogen-bond donors (Lipinski definition) is 0. The van der Waals surface area contributed by atoms with Gasteiger partial charge in [0.25, 0.3) is 0 Å². The third-order valence-corrected chi connectivity index (χ3v) is 5.13. The Morgan fingerprint density at radius 2 is 2.00 bits per heavy atom. The average molecular weight is 339 g/mol. The second-order valence-corrected chi connectivity index (χ2v) is 7.38. The SMILES string of the molecule is Cc1cnn(CCSc2nnc(C3CC3)n2Cc2ccccc2)c1. The van der Waals surface area contributed by atoms with Crippen LogP contribution >= 0.6 is 11.8 Å². The smallest absolute Gasteiger partial charge is 0.191 e. The van der Waals surface area contributed by atoms with E-state index in [1.54, 1.807) is 11.8 Å². The summed E-state index contributed by atoms with van der Waals surface area (Å²) in [5.74, 6) is 2.69. The molecule has 0 atom stereocenters. The molecule has 0 saturated heterocycles. The predicted octanol–water partition coefficient (Wildman–Crippen LogP) is 3.50. The summed E-state index contributed by atoms with van der Waals surface area (Å²) in [5, 5.41) is 14.3. The first-order valence-electron chi connectivity index (χ1n) is 8.38. The summed E-state index contributed by atoms with van der Waals surface area (Å²) in [6, 6.07) is 10.6. The third kappa shape index (κ3) is 3.53. The monoisotopic (exact) mass is 339 g/mol. The number of aromatic nitrogens is 5. The van der Waals surface area contributed by atoms with E-state index >= 15 is 0 Å². The fraction of sp³-hybridized carbons (Fsp3) is 0.389. The fourth-order valence-corrected chi connectivity index (χ4v) is 3.66. The van der Waals surface area contributed by atoms with Crippen LogP contribution in [0.2, 0.25) is 0 Å². The van der Waals surface area contributed by atoms with Crippen molar-refractivity contribution in [1.29, 1.82) is 0 Å². The fourth-order valence-electron chi connectivity index (χ4n) is 2.78. The van der Waals surface area contributed by atoms with E-state index in [1.165, 1.54) is 24.0 Å². The van der Waals surface area contributed by atoms with E-state index in [0.717, 1.165) is 29.8 Å². The molecule has 1 fully saturated rings. The van der Waals surface area contributed by atoms with Crippen LogP contribution < -0.4 is 0 Å². The third-order valence-electron chi connectivity index (χ3n) is 4.19. The topological polar surface area (TPSA) is 48.5 Å². The van der Waals surface area contributed by atoms with Crippen LogP contribution in [0.25, 0.3) is 0 Å². The summed E-state index contributed by atoms with van der Waals surface area (Å²) >= 11 is 1.76. The highest BCUT2D eigenvalue weighted by Crippen LogP contribution is 2.40. The standard InChI is InChI=1S/C18H21N5S/c1-14-11-19-22(12-14)9-10-24-18-21-20-17(16-7-8-16)23(18)13-15-5-3-2-4-6-15/h2-6,11-12,16H,7-10,13H2,1H3. The molecule has 2 heterocycles. The maximum atomic E-state index is 4.47. The molecule has 4 rings (SSSR count). The van der Waals surface area contributed by atoms with Gasteiger partial charge in [0.1, 0.15) is 5.82 Å². The van der Waals surface area contributed by atoms with Gasteiger partial charge >= 0.3 is 0 Å². The van der Waals surface area contributed by atoms with Crippen LogP contribution in [-0.2, 0) is 13.1 Å². The molecule has 24 heavy (non-hydrogen) atoms. The molecule has 1 aliphatic carbocycles. The maximum Gasteiger partial charge on any atom is 0.191 e. The van der Waals surface area contributed by atoms with E-state index in [-0.39, 0.29) is 0 Å². The summed E-state index contributed by atoms with van der Waals surface area (Å²) in [7, 11) is 0. The summed E-state index contributed by atoms with van der Waals surface area (Å²) in [4.78, 5) is 0. The minimum Gasteiger partial charge on any atom is -0.301 e. The van der Waals surface area contributed by atoms with Crippen molar-refractivity contribution in [3.63, 3.8) is 0 Å². The van der Waals surface area contributed by atoms with Gasteiger partial charge in [-0.05, 0) is 30.9 Å². The Hall–Kier alpha value is -2.08. The number of rotatable bonds is 7. The van der Waals surface area contributed by atoms with Crippen molar-refractivity contribution in [3.8, 4) is 0 Å². The highest BCUT2D eigenvalue weighted by atomic mass is 32.2. The van der Waals surface area contributed by atoms with Crippen molar-refractivity contribution >= 4 is 11.8 Å². The molecule has 1 aromatic carbocycles. The zero-order chi connectivity index (χ0) is 16.4. The zero-order valence-corrected chi connectivity index (χ0v) is 14.6. The van der Waals surface area contributed by atoms with E-state index in [9.17, 15) is 0 Å². The molecule has 6 heteroatoms. The first-order valence-corrected chi connectivity index (χ1v) is 9.37. The Bertz CT molecular complexity index is 804. The second-order valence-electron chi connectivity index (χ2n) is 6.32. The van der Waals surface area contributed by atoms with Gasteiger partial charge in [-0.25, -0.2) is 0 Å². The molecule has 0 unspecified atom stereocenters. The van der Waals surface area contributed by atoms with E-state index in [0.29, 0.717) is 5.92 Å². The maximum absolute atomic E-state index is 4.47. The lowest BCUT2D eigenvalue weighted by Crippen LogP contribution is -2.07. The lowest BCUT2D eigenvalue weighted by molar-refractivity contribution is 0.654. The molecule has 0 bridgehead atoms. The van der Waals surface area contributed by atoms with Gasteiger partial charge in [0.05, 0.1) is 19.3 Å². The molecule has 1 saturated carbocycles. The van der Waals surface area contributed by atoms with Gasteiger partial charge < -0.3 is 4.57 Å². The minimum atomic E-state index is 0.601. The summed E-state index contributed by atoms with van der Waals surface area (Å²) in [6.45, 7) is 3.80. The first kappa shape index (κ1) is 15.4. The Morgan fingerprint density at radius 3 is 2.71 bits per heavy atom. The van der Waals surface area contributed by atoms with Gasteiger partial charge in [0.15, 0.2) is 5.16 Å². The number of hydrogen-bond acceptors (Lipinski definition) is 4. The van der Waals surface area contributed by atoms with Crippen molar-refractivity contribution in [1.82, 2.24) is 24.5 Å². The molecule has 3 aromatic rings.